The molecule has 3 aromatic rings. The molecule has 124 valence electrons. The van der Waals surface area contributed by atoms with Gasteiger partial charge >= 0.3 is 0 Å². The lowest BCUT2D eigenvalue weighted by atomic mass is 9.94. The summed E-state index contributed by atoms with van der Waals surface area (Å²) in [5, 5.41) is 1.37. The number of fused-ring (bicyclic) bond motifs is 3. The fourth-order valence-electron chi connectivity index (χ4n) is 3.95. The number of aromatic nitrogens is 1. The van der Waals surface area contributed by atoms with Crippen LogP contribution in [0.15, 0.2) is 54.6 Å². The third kappa shape index (κ3) is 2.76. The molecule has 2 nitrogen and oxygen atoms in total. The lowest BCUT2D eigenvalue weighted by molar-refractivity contribution is 0.0282. The summed E-state index contributed by atoms with van der Waals surface area (Å²) in [6, 6.07) is 19.6. The number of rotatable bonds is 4. The van der Waals surface area contributed by atoms with E-state index in [0.717, 1.165) is 26.0 Å². The van der Waals surface area contributed by atoms with Crippen LogP contribution in [0.3, 0.4) is 0 Å². The van der Waals surface area contributed by atoms with Crippen LogP contribution in [0, 0.1) is 5.92 Å². The molecule has 0 saturated carbocycles. The summed E-state index contributed by atoms with van der Waals surface area (Å²) in [5.74, 6) is 0.636. The van der Waals surface area contributed by atoms with E-state index in [2.05, 4.69) is 73.0 Å². The molecule has 0 fully saturated rings. The molecule has 1 aliphatic heterocycles. The molecular formula is C22H25NO. The highest BCUT2D eigenvalue weighted by Gasteiger charge is 2.28. The minimum absolute atomic E-state index is 0.232. The number of para-hydroxylation sites is 1. The van der Waals surface area contributed by atoms with Crippen molar-refractivity contribution >= 4 is 10.9 Å². The summed E-state index contributed by atoms with van der Waals surface area (Å²) in [6.07, 6.45) is 2.33. The van der Waals surface area contributed by atoms with Gasteiger partial charge in [0.1, 0.15) is 0 Å². The standard InChI is InChI=1S/C22H25NO/c1-16(2)14-21-22-18-10-6-7-11-19(18)23(20(22)12-13-24-21)15-17-8-4-3-5-9-17/h3-11,16,21H,12-15H2,1-2H3. The molecule has 4 rings (SSSR count). The van der Waals surface area contributed by atoms with Gasteiger partial charge in [-0.3, -0.25) is 0 Å². The number of hydrogen-bond acceptors (Lipinski definition) is 1. The van der Waals surface area contributed by atoms with Crippen molar-refractivity contribution in [2.24, 2.45) is 5.92 Å². The summed E-state index contributed by atoms with van der Waals surface area (Å²) in [7, 11) is 0. The molecule has 0 amide bonds. The topological polar surface area (TPSA) is 14.2 Å². The highest BCUT2D eigenvalue weighted by Crippen LogP contribution is 2.39. The highest BCUT2D eigenvalue weighted by atomic mass is 16.5. The molecule has 1 aliphatic rings. The molecule has 2 heterocycles. The van der Waals surface area contributed by atoms with E-state index in [-0.39, 0.29) is 6.10 Å². The van der Waals surface area contributed by atoms with E-state index in [9.17, 15) is 0 Å². The summed E-state index contributed by atoms with van der Waals surface area (Å²) >= 11 is 0. The summed E-state index contributed by atoms with van der Waals surface area (Å²) in [5.41, 5.74) is 5.59. The van der Waals surface area contributed by atoms with Crippen molar-refractivity contribution in [3.8, 4) is 0 Å². The Labute approximate surface area is 144 Å². The van der Waals surface area contributed by atoms with Gasteiger partial charge in [-0.05, 0) is 24.0 Å². The monoisotopic (exact) mass is 319 g/mol. The van der Waals surface area contributed by atoms with Gasteiger partial charge in [0.05, 0.1) is 12.7 Å². The van der Waals surface area contributed by atoms with E-state index in [1.165, 1.54) is 27.7 Å². The molecule has 0 radical (unpaired) electrons. The van der Waals surface area contributed by atoms with Gasteiger partial charge in [-0.1, -0.05) is 62.4 Å². The van der Waals surface area contributed by atoms with Crippen LogP contribution in [0.4, 0.5) is 0 Å². The maximum atomic E-state index is 6.17. The van der Waals surface area contributed by atoms with E-state index >= 15 is 0 Å². The smallest absolute Gasteiger partial charge is 0.0851 e. The summed E-state index contributed by atoms with van der Waals surface area (Å²) in [6.45, 7) is 6.32. The van der Waals surface area contributed by atoms with E-state index in [1.807, 2.05) is 0 Å². The largest absolute Gasteiger partial charge is 0.373 e. The van der Waals surface area contributed by atoms with Crippen LogP contribution < -0.4 is 0 Å². The third-order valence-electron chi connectivity index (χ3n) is 4.97. The van der Waals surface area contributed by atoms with E-state index < -0.39 is 0 Å². The molecule has 2 aromatic carbocycles. The van der Waals surface area contributed by atoms with Crippen LogP contribution in [-0.4, -0.2) is 11.2 Å². The molecule has 1 unspecified atom stereocenters. The number of ether oxygens (including phenoxy) is 1. The zero-order valence-corrected chi connectivity index (χ0v) is 14.5. The first-order chi connectivity index (χ1) is 11.7. The lowest BCUT2D eigenvalue weighted by Gasteiger charge is -2.26. The maximum absolute atomic E-state index is 6.17. The zero-order chi connectivity index (χ0) is 16.5. The molecule has 0 spiro atoms. The number of nitrogens with zero attached hydrogens (tertiary/aromatic N) is 1. The molecule has 24 heavy (non-hydrogen) atoms. The van der Waals surface area contributed by atoms with Crippen molar-refractivity contribution < 1.29 is 4.74 Å². The Bertz CT molecular complexity index is 832. The first-order valence-electron chi connectivity index (χ1n) is 8.99. The maximum Gasteiger partial charge on any atom is 0.0851 e. The van der Waals surface area contributed by atoms with Crippen molar-refractivity contribution in [3.05, 3.63) is 71.4 Å². The zero-order valence-electron chi connectivity index (χ0n) is 14.5. The Morgan fingerprint density at radius 3 is 2.58 bits per heavy atom. The van der Waals surface area contributed by atoms with Gasteiger partial charge in [0.2, 0.25) is 0 Å². The molecule has 0 aliphatic carbocycles. The Morgan fingerprint density at radius 2 is 1.79 bits per heavy atom. The number of benzene rings is 2. The van der Waals surface area contributed by atoms with Gasteiger partial charge in [0.15, 0.2) is 0 Å². The van der Waals surface area contributed by atoms with Gasteiger partial charge in [0.25, 0.3) is 0 Å². The average Bonchev–Trinajstić information content (AvgIpc) is 2.91. The number of hydrogen-bond donors (Lipinski definition) is 0. The van der Waals surface area contributed by atoms with Gasteiger partial charge in [-0.15, -0.1) is 0 Å². The fourth-order valence-corrected chi connectivity index (χ4v) is 3.95. The van der Waals surface area contributed by atoms with Gasteiger partial charge < -0.3 is 9.30 Å². The van der Waals surface area contributed by atoms with Gasteiger partial charge in [-0.2, -0.15) is 0 Å². The lowest BCUT2D eigenvalue weighted by Crippen LogP contribution is -2.19. The van der Waals surface area contributed by atoms with E-state index in [4.69, 9.17) is 4.74 Å². The van der Waals surface area contributed by atoms with Crippen molar-refractivity contribution in [2.75, 3.05) is 6.61 Å². The first-order valence-corrected chi connectivity index (χ1v) is 8.99. The molecule has 0 N–H and O–H groups in total. The third-order valence-corrected chi connectivity index (χ3v) is 4.97. The van der Waals surface area contributed by atoms with Crippen molar-refractivity contribution in [1.82, 2.24) is 4.57 Å². The van der Waals surface area contributed by atoms with Crippen LogP contribution in [0.25, 0.3) is 10.9 Å². The van der Waals surface area contributed by atoms with Crippen LogP contribution in [0.1, 0.15) is 43.2 Å². The van der Waals surface area contributed by atoms with Gasteiger partial charge in [-0.25, -0.2) is 0 Å². The molecule has 1 aromatic heterocycles. The van der Waals surface area contributed by atoms with E-state index in [0.29, 0.717) is 5.92 Å². The SMILES string of the molecule is CC(C)CC1OCCc2c1c1ccccc1n2Cc1ccccc1. The second kappa shape index (κ2) is 6.45. The highest BCUT2D eigenvalue weighted by molar-refractivity contribution is 5.86. The van der Waals surface area contributed by atoms with Crippen molar-refractivity contribution in [3.63, 3.8) is 0 Å². The Morgan fingerprint density at radius 1 is 1.04 bits per heavy atom. The second-order valence-corrected chi connectivity index (χ2v) is 7.19. The quantitative estimate of drug-likeness (QED) is 0.632. The van der Waals surface area contributed by atoms with Crippen molar-refractivity contribution in [2.45, 2.75) is 39.3 Å². The molecule has 2 heteroatoms. The van der Waals surface area contributed by atoms with Crippen molar-refractivity contribution in [1.29, 1.82) is 0 Å². The second-order valence-electron chi connectivity index (χ2n) is 7.19. The molecule has 0 saturated heterocycles. The molecule has 0 bridgehead atoms. The Balaban J connectivity index is 1.85. The fraction of sp³-hybridized carbons (Fsp3) is 0.364. The Hall–Kier alpha value is -2.06. The van der Waals surface area contributed by atoms with Crippen LogP contribution in [0.2, 0.25) is 0 Å². The minimum Gasteiger partial charge on any atom is -0.373 e. The average molecular weight is 319 g/mol. The molecule has 1 atom stereocenters. The van der Waals surface area contributed by atoms with Crippen LogP contribution >= 0.6 is 0 Å². The summed E-state index contributed by atoms with van der Waals surface area (Å²) < 4.78 is 8.68. The predicted molar refractivity (Wildman–Crippen MR) is 99.3 cm³/mol. The van der Waals surface area contributed by atoms with Crippen LogP contribution in [-0.2, 0) is 17.7 Å². The Kier molecular flexibility index (Phi) is 4.15. The first kappa shape index (κ1) is 15.5. The normalized spacial score (nSPS) is 17.4. The minimum atomic E-state index is 0.232. The predicted octanol–water partition coefficient (Wildman–Crippen LogP) is 5.35. The van der Waals surface area contributed by atoms with Crippen LogP contribution in [0.5, 0.6) is 0 Å². The van der Waals surface area contributed by atoms with Gasteiger partial charge in [0, 0.05) is 35.1 Å². The summed E-state index contributed by atoms with van der Waals surface area (Å²) in [4.78, 5) is 0. The van der Waals surface area contributed by atoms with E-state index in [1.54, 1.807) is 0 Å². The molecular weight excluding hydrogens is 294 g/mol.